The Balaban J connectivity index is 2.32. The maximum atomic E-state index is 10.5. The second kappa shape index (κ2) is 5.32. The molecule has 0 amide bonds. The molecule has 4 nitrogen and oxygen atoms in total. The van der Waals surface area contributed by atoms with Gasteiger partial charge in [0.2, 0.25) is 0 Å². The predicted octanol–water partition coefficient (Wildman–Crippen LogP) is 0.391. The van der Waals surface area contributed by atoms with Crippen LogP contribution in [0.4, 0.5) is 0 Å². The van der Waals surface area contributed by atoms with Gasteiger partial charge < -0.3 is 10.4 Å². The quantitative estimate of drug-likeness (QED) is 0.689. The second-order valence-electron chi connectivity index (χ2n) is 4.41. The minimum Gasteiger partial charge on any atom is -0.480 e. The van der Waals surface area contributed by atoms with E-state index in [1.54, 1.807) is 0 Å². The summed E-state index contributed by atoms with van der Waals surface area (Å²) < 4.78 is 0. The molecule has 0 spiro atoms. The zero-order chi connectivity index (χ0) is 10.6. The Morgan fingerprint density at radius 1 is 1.64 bits per heavy atom. The number of rotatable bonds is 4. The SMILES string of the molecule is CC(C)C[C@H]1CN(CC(=O)O)CCN1. The summed E-state index contributed by atoms with van der Waals surface area (Å²) in [6, 6.07) is 0.461. The summed E-state index contributed by atoms with van der Waals surface area (Å²) in [5.41, 5.74) is 0. The first kappa shape index (κ1) is 11.5. The van der Waals surface area contributed by atoms with Gasteiger partial charge in [-0.1, -0.05) is 13.8 Å². The molecule has 0 bridgehead atoms. The molecule has 0 aromatic heterocycles. The van der Waals surface area contributed by atoms with Crippen LogP contribution >= 0.6 is 0 Å². The Labute approximate surface area is 85.3 Å². The van der Waals surface area contributed by atoms with Crippen LogP contribution in [-0.2, 0) is 4.79 Å². The average molecular weight is 200 g/mol. The summed E-state index contributed by atoms with van der Waals surface area (Å²) in [7, 11) is 0. The molecule has 1 heterocycles. The molecule has 82 valence electrons. The van der Waals surface area contributed by atoms with Crippen LogP contribution < -0.4 is 5.32 Å². The molecule has 1 fully saturated rings. The van der Waals surface area contributed by atoms with Crippen LogP contribution in [-0.4, -0.2) is 48.2 Å². The summed E-state index contributed by atoms with van der Waals surface area (Å²) in [5, 5.41) is 12.1. The lowest BCUT2D eigenvalue weighted by molar-refractivity contribution is -0.138. The Bertz CT molecular complexity index is 195. The van der Waals surface area contributed by atoms with E-state index in [0.29, 0.717) is 12.0 Å². The van der Waals surface area contributed by atoms with Crippen molar-refractivity contribution < 1.29 is 9.90 Å². The highest BCUT2D eigenvalue weighted by molar-refractivity contribution is 5.69. The van der Waals surface area contributed by atoms with Crippen molar-refractivity contribution in [3.8, 4) is 0 Å². The van der Waals surface area contributed by atoms with E-state index in [0.717, 1.165) is 26.1 Å². The third-order valence-electron chi connectivity index (χ3n) is 2.45. The number of aliphatic carboxylic acids is 1. The summed E-state index contributed by atoms with van der Waals surface area (Å²) >= 11 is 0. The molecule has 1 aliphatic rings. The van der Waals surface area contributed by atoms with Gasteiger partial charge in [-0.05, 0) is 12.3 Å². The molecule has 1 atom stereocenters. The van der Waals surface area contributed by atoms with E-state index < -0.39 is 5.97 Å². The molecular weight excluding hydrogens is 180 g/mol. The Morgan fingerprint density at radius 2 is 2.36 bits per heavy atom. The van der Waals surface area contributed by atoms with Crippen LogP contribution in [0.3, 0.4) is 0 Å². The highest BCUT2D eigenvalue weighted by Gasteiger charge is 2.21. The molecule has 0 aromatic rings. The molecular formula is C10H20N2O2. The highest BCUT2D eigenvalue weighted by atomic mass is 16.4. The molecule has 0 unspecified atom stereocenters. The van der Waals surface area contributed by atoms with E-state index in [2.05, 4.69) is 19.2 Å². The van der Waals surface area contributed by atoms with Gasteiger partial charge in [-0.25, -0.2) is 0 Å². The fraction of sp³-hybridized carbons (Fsp3) is 0.900. The van der Waals surface area contributed by atoms with Crippen LogP contribution in [0.1, 0.15) is 20.3 Å². The van der Waals surface area contributed by atoms with Gasteiger partial charge in [-0.2, -0.15) is 0 Å². The molecule has 0 aliphatic carbocycles. The van der Waals surface area contributed by atoms with Gasteiger partial charge in [0, 0.05) is 25.7 Å². The largest absolute Gasteiger partial charge is 0.480 e. The van der Waals surface area contributed by atoms with Crippen LogP contribution in [0, 0.1) is 5.92 Å². The number of nitrogens with one attached hydrogen (secondary N) is 1. The number of carbonyl (C=O) groups is 1. The zero-order valence-electron chi connectivity index (χ0n) is 8.99. The highest BCUT2D eigenvalue weighted by Crippen LogP contribution is 2.08. The molecule has 0 aromatic carbocycles. The van der Waals surface area contributed by atoms with Crippen LogP contribution in [0.15, 0.2) is 0 Å². The van der Waals surface area contributed by atoms with Crippen molar-refractivity contribution in [2.45, 2.75) is 26.3 Å². The summed E-state index contributed by atoms with van der Waals surface area (Å²) in [6.07, 6.45) is 1.12. The molecule has 0 radical (unpaired) electrons. The maximum Gasteiger partial charge on any atom is 0.317 e. The normalized spacial score (nSPS) is 24.1. The third-order valence-corrected chi connectivity index (χ3v) is 2.45. The van der Waals surface area contributed by atoms with Gasteiger partial charge in [-0.15, -0.1) is 0 Å². The Hall–Kier alpha value is -0.610. The Morgan fingerprint density at radius 3 is 2.93 bits per heavy atom. The van der Waals surface area contributed by atoms with E-state index in [1.807, 2.05) is 4.90 Å². The fourth-order valence-corrected chi connectivity index (χ4v) is 1.96. The van der Waals surface area contributed by atoms with Gasteiger partial charge in [-0.3, -0.25) is 9.69 Å². The van der Waals surface area contributed by atoms with Crippen LogP contribution in [0.2, 0.25) is 0 Å². The molecule has 2 N–H and O–H groups in total. The van der Waals surface area contributed by atoms with E-state index in [-0.39, 0.29) is 6.54 Å². The first-order chi connectivity index (χ1) is 6.58. The van der Waals surface area contributed by atoms with Crippen molar-refractivity contribution in [2.75, 3.05) is 26.2 Å². The molecule has 1 saturated heterocycles. The lowest BCUT2D eigenvalue weighted by Gasteiger charge is -2.33. The predicted molar refractivity (Wildman–Crippen MR) is 55.3 cm³/mol. The van der Waals surface area contributed by atoms with Crippen molar-refractivity contribution >= 4 is 5.97 Å². The number of hydrogen-bond donors (Lipinski definition) is 2. The van der Waals surface area contributed by atoms with Gasteiger partial charge in [0.25, 0.3) is 0 Å². The third kappa shape index (κ3) is 4.07. The van der Waals surface area contributed by atoms with Crippen molar-refractivity contribution in [1.82, 2.24) is 10.2 Å². The Kier molecular flexibility index (Phi) is 4.35. The monoisotopic (exact) mass is 200 g/mol. The lowest BCUT2D eigenvalue weighted by Crippen LogP contribution is -2.52. The summed E-state index contributed by atoms with van der Waals surface area (Å²) in [5.74, 6) is -0.0625. The number of nitrogens with zero attached hydrogens (tertiary/aromatic N) is 1. The van der Waals surface area contributed by atoms with Gasteiger partial charge in [0.15, 0.2) is 0 Å². The molecule has 1 aliphatic heterocycles. The number of carboxylic acids is 1. The molecule has 0 saturated carbocycles. The molecule has 1 rings (SSSR count). The zero-order valence-corrected chi connectivity index (χ0v) is 8.99. The smallest absolute Gasteiger partial charge is 0.317 e. The number of carboxylic acid groups (broad SMARTS) is 1. The first-order valence-corrected chi connectivity index (χ1v) is 5.25. The fourth-order valence-electron chi connectivity index (χ4n) is 1.96. The van der Waals surface area contributed by atoms with E-state index >= 15 is 0 Å². The molecule has 4 heteroatoms. The number of hydrogen-bond acceptors (Lipinski definition) is 3. The summed E-state index contributed by atoms with van der Waals surface area (Å²) in [4.78, 5) is 12.5. The number of piperazine rings is 1. The van der Waals surface area contributed by atoms with E-state index in [9.17, 15) is 4.79 Å². The summed E-state index contributed by atoms with van der Waals surface area (Å²) in [6.45, 7) is 7.18. The van der Waals surface area contributed by atoms with Crippen LogP contribution in [0.25, 0.3) is 0 Å². The average Bonchev–Trinajstić information content (AvgIpc) is 2.01. The lowest BCUT2D eigenvalue weighted by atomic mass is 10.0. The van der Waals surface area contributed by atoms with Gasteiger partial charge in [0.05, 0.1) is 6.54 Å². The van der Waals surface area contributed by atoms with Crippen molar-refractivity contribution in [1.29, 1.82) is 0 Å². The van der Waals surface area contributed by atoms with Crippen molar-refractivity contribution in [2.24, 2.45) is 5.92 Å². The molecule has 14 heavy (non-hydrogen) atoms. The minimum atomic E-state index is -0.727. The minimum absolute atomic E-state index is 0.177. The standard InChI is InChI=1S/C10H20N2O2/c1-8(2)5-9-6-12(4-3-11-9)7-10(13)14/h8-9,11H,3-7H2,1-2H3,(H,13,14)/t9-/m0/s1. The topological polar surface area (TPSA) is 52.6 Å². The van der Waals surface area contributed by atoms with Crippen LogP contribution in [0.5, 0.6) is 0 Å². The van der Waals surface area contributed by atoms with Crippen molar-refractivity contribution in [3.05, 3.63) is 0 Å². The second-order valence-corrected chi connectivity index (χ2v) is 4.41. The van der Waals surface area contributed by atoms with Crippen molar-refractivity contribution in [3.63, 3.8) is 0 Å². The van der Waals surface area contributed by atoms with Gasteiger partial charge in [0.1, 0.15) is 0 Å². The maximum absolute atomic E-state index is 10.5. The van der Waals surface area contributed by atoms with E-state index in [1.165, 1.54) is 0 Å². The van der Waals surface area contributed by atoms with E-state index in [4.69, 9.17) is 5.11 Å². The van der Waals surface area contributed by atoms with Gasteiger partial charge >= 0.3 is 5.97 Å². The first-order valence-electron chi connectivity index (χ1n) is 5.25.